The van der Waals surface area contributed by atoms with Crippen molar-refractivity contribution in [2.75, 3.05) is 20.0 Å². The third kappa shape index (κ3) is 2.71. The van der Waals surface area contributed by atoms with Crippen LogP contribution in [0.1, 0.15) is 22.3 Å². The molecule has 2 aromatic carbocycles. The first-order chi connectivity index (χ1) is 11.6. The van der Waals surface area contributed by atoms with Crippen LogP contribution in [0.4, 0.5) is 0 Å². The maximum atomic E-state index is 13.3. The summed E-state index contributed by atoms with van der Waals surface area (Å²) in [6.45, 7) is 3.87. The Balaban J connectivity index is 2.07. The van der Waals surface area contributed by atoms with Crippen LogP contribution in [-0.4, -0.2) is 25.8 Å². The van der Waals surface area contributed by atoms with Crippen molar-refractivity contribution in [3.8, 4) is 11.5 Å². The van der Waals surface area contributed by atoms with Crippen LogP contribution in [0.15, 0.2) is 60.0 Å². The normalized spacial score (nSPS) is 19.5. The minimum absolute atomic E-state index is 0.143. The van der Waals surface area contributed by atoms with E-state index in [0.717, 1.165) is 27.5 Å². The summed E-state index contributed by atoms with van der Waals surface area (Å²) < 4.78 is 10.5. The molecule has 2 aromatic rings. The summed E-state index contributed by atoms with van der Waals surface area (Å²) in [7, 11) is 3.27. The highest BCUT2D eigenvalue weighted by molar-refractivity contribution is 7.99. The molecule has 1 unspecified atom stereocenters. The number of methoxy groups -OCH3 is 2. The number of hydrogen-bond donors (Lipinski definition) is 0. The van der Waals surface area contributed by atoms with Gasteiger partial charge in [-0.05, 0) is 42.3 Å². The second-order valence-electron chi connectivity index (χ2n) is 5.78. The molecule has 0 saturated carbocycles. The summed E-state index contributed by atoms with van der Waals surface area (Å²) in [6.07, 6.45) is 2.44. The van der Waals surface area contributed by atoms with Gasteiger partial charge in [0.15, 0.2) is 5.78 Å². The third-order valence-electron chi connectivity index (χ3n) is 4.48. The maximum absolute atomic E-state index is 13.3. The van der Waals surface area contributed by atoms with E-state index in [9.17, 15) is 4.79 Å². The van der Waals surface area contributed by atoms with Gasteiger partial charge in [-0.25, -0.2) is 0 Å². The average molecular weight is 340 g/mol. The quantitative estimate of drug-likeness (QED) is 0.751. The topological polar surface area (TPSA) is 35.5 Å². The Hall–Kier alpha value is -2.20. The molecule has 4 heteroatoms. The molecule has 0 bridgehead atoms. The van der Waals surface area contributed by atoms with E-state index in [1.165, 1.54) is 0 Å². The first-order valence-electron chi connectivity index (χ1n) is 7.75. The Kier molecular flexibility index (Phi) is 4.67. The summed E-state index contributed by atoms with van der Waals surface area (Å²) in [6, 6.07) is 13.4. The van der Waals surface area contributed by atoms with Crippen molar-refractivity contribution in [1.82, 2.24) is 0 Å². The number of thioether (sulfide) groups is 1. The molecule has 1 atom stereocenters. The van der Waals surface area contributed by atoms with Gasteiger partial charge in [-0.15, -0.1) is 18.3 Å². The summed E-state index contributed by atoms with van der Waals surface area (Å²) in [4.78, 5) is 14.3. The van der Waals surface area contributed by atoms with E-state index >= 15 is 0 Å². The lowest BCUT2D eigenvalue weighted by atomic mass is 9.73. The van der Waals surface area contributed by atoms with Crippen LogP contribution >= 0.6 is 11.8 Å². The van der Waals surface area contributed by atoms with Gasteiger partial charge in [0.1, 0.15) is 11.5 Å². The minimum atomic E-state index is -0.583. The Morgan fingerprint density at radius 2 is 1.79 bits per heavy atom. The second-order valence-corrected chi connectivity index (χ2v) is 6.80. The fourth-order valence-electron chi connectivity index (χ4n) is 3.10. The molecular formula is C20H20O3S. The van der Waals surface area contributed by atoms with E-state index in [1.54, 1.807) is 26.0 Å². The van der Waals surface area contributed by atoms with Gasteiger partial charge in [-0.3, -0.25) is 4.79 Å². The number of benzene rings is 2. The molecule has 1 aliphatic rings. The first-order valence-corrected chi connectivity index (χ1v) is 8.74. The predicted molar refractivity (Wildman–Crippen MR) is 97.5 cm³/mol. The van der Waals surface area contributed by atoms with Crippen LogP contribution in [0.25, 0.3) is 0 Å². The Morgan fingerprint density at radius 3 is 2.42 bits per heavy atom. The summed E-state index contributed by atoms with van der Waals surface area (Å²) in [5, 5.41) is 0. The van der Waals surface area contributed by atoms with Crippen molar-refractivity contribution in [2.45, 2.75) is 16.7 Å². The summed E-state index contributed by atoms with van der Waals surface area (Å²) in [5.41, 5.74) is 1.17. The molecule has 0 spiro atoms. The van der Waals surface area contributed by atoms with Gasteiger partial charge in [0, 0.05) is 16.2 Å². The van der Waals surface area contributed by atoms with Gasteiger partial charge in [-0.1, -0.05) is 18.2 Å². The Labute approximate surface area is 146 Å². The molecule has 3 rings (SSSR count). The van der Waals surface area contributed by atoms with E-state index in [4.69, 9.17) is 9.47 Å². The number of allylic oxidation sites excluding steroid dienone is 1. The zero-order chi connectivity index (χ0) is 17.2. The maximum Gasteiger partial charge on any atom is 0.175 e. The molecule has 0 N–H and O–H groups in total. The number of rotatable bonds is 5. The van der Waals surface area contributed by atoms with Gasteiger partial charge in [-0.2, -0.15) is 0 Å². The highest BCUT2D eigenvalue weighted by Crippen LogP contribution is 2.45. The van der Waals surface area contributed by atoms with Crippen molar-refractivity contribution < 1.29 is 14.3 Å². The van der Waals surface area contributed by atoms with Crippen LogP contribution < -0.4 is 9.47 Å². The van der Waals surface area contributed by atoms with Gasteiger partial charge < -0.3 is 9.47 Å². The zero-order valence-corrected chi connectivity index (χ0v) is 14.7. The number of carbonyl (C=O) groups is 1. The lowest BCUT2D eigenvalue weighted by molar-refractivity contribution is 0.0894. The number of Topliss-reactive ketones (excluding diaryl/α,β-unsaturated/α-hetero) is 1. The van der Waals surface area contributed by atoms with E-state index in [0.29, 0.717) is 12.2 Å². The number of ether oxygens (including phenoxy) is 2. The molecule has 124 valence electrons. The van der Waals surface area contributed by atoms with Crippen LogP contribution in [0.5, 0.6) is 11.5 Å². The lowest BCUT2D eigenvalue weighted by Gasteiger charge is -2.36. The molecule has 0 fully saturated rings. The van der Waals surface area contributed by atoms with E-state index in [2.05, 4.69) is 6.58 Å². The molecule has 3 nitrogen and oxygen atoms in total. The Morgan fingerprint density at radius 1 is 1.12 bits per heavy atom. The predicted octanol–water partition coefficient (Wildman–Crippen LogP) is 4.51. The monoisotopic (exact) mass is 340 g/mol. The summed E-state index contributed by atoms with van der Waals surface area (Å²) in [5.74, 6) is 2.39. The highest BCUT2D eigenvalue weighted by atomic mass is 32.2. The minimum Gasteiger partial charge on any atom is -0.497 e. The number of hydrogen-bond acceptors (Lipinski definition) is 4. The van der Waals surface area contributed by atoms with Crippen LogP contribution in [0, 0.1) is 0 Å². The van der Waals surface area contributed by atoms with Crippen molar-refractivity contribution in [3.63, 3.8) is 0 Å². The third-order valence-corrected chi connectivity index (χ3v) is 5.76. The molecule has 0 radical (unpaired) electrons. The molecule has 0 saturated heterocycles. The number of ketones is 1. The first kappa shape index (κ1) is 16.7. The lowest BCUT2D eigenvalue weighted by Crippen LogP contribution is -2.40. The molecular weight excluding hydrogens is 320 g/mol. The SMILES string of the molecule is C=CCC1(c2ccc(OC)cc2)CSc2cc(OC)ccc2C1=O. The van der Waals surface area contributed by atoms with Gasteiger partial charge in [0.25, 0.3) is 0 Å². The van der Waals surface area contributed by atoms with E-state index in [1.807, 2.05) is 48.5 Å². The van der Waals surface area contributed by atoms with Crippen molar-refractivity contribution in [3.05, 3.63) is 66.2 Å². The zero-order valence-electron chi connectivity index (χ0n) is 13.9. The van der Waals surface area contributed by atoms with Gasteiger partial charge in [0.05, 0.1) is 19.6 Å². The van der Waals surface area contributed by atoms with Gasteiger partial charge >= 0.3 is 0 Å². The van der Waals surface area contributed by atoms with E-state index in [-0.39, 0.29) is 5.78 Å². The standard InChI is InChI=1S/C20H20O3S/c1-4-11-20(14-5-7-15(22-2)8-6-14)13-24-18-12-16(23-3)9-10-17(18)19(20)21/h4-10,12H,1,11,13H2,2-3H3. The second kappa shape index (κ2) is 6.73. The smallest absolute Gasteiger partial charge is 0.175 e. The number of carbonyl (C=O) groups excluding carboxylic acids is 1. The van der Waals surface area contributed by atoms with Crippen LogP contribution in [-0.2, 0) is 5.41 Å². The molecule has 0 aromatic heterocycles. The van der Waals surface area contributed by atoms with Crippen LogP contribution in [0.2, 0.25) is 0 Å². The van der Waals surface area contributed by atoms with Crippen molar-refractivity contribution >= 4 is 17.5 Å². The fraction of sp³-hybridized carbons (Fsp3) is 0.250. The molecule has 0 amide bonds. The molecule has 24 heavy (non-hydrogen) atoms. The van der Waals surface area contributed by atoms with Crippen molar-refractivity contribution in [2.24, 2.45) is 0 Å². The Bertz CT molecular complexity index is 767. The molecule has 1 aliphatic heterocycles. The molecule has 0 aliphatic carbocycles. The average Bonchev–Trinajstić information content (AvgIpc) is 2.64. The van der Waals surface area contributed by atoms with Crippen molar-refractivity contribution in [1.29, 1.82) is 0 Å². The summed E-state index contributed by atoms with van der Waals surface area (Å²) >= 11 is 1.69. The largest absolute Gasteiger partial charge is 0.497 e. The molecule has 1 heterocycles. The van der Waals surface area contributed by atoms with E-state index < -0.39 is 5.41 Å². The fourth-order valence-corrected chi connectivity index (χ4v) is 4.43. The number of fused-ring (bicyclic) bond motifs is 1. The van der Waals surface area contributed by atoms with Gasteiger partial charge in [0.2, 0.25) is 0 Å². The highest BCUT2D eigenvalue weighted by Gasteiger charge is 2.43. The van der Waals surface area contributed by atoms with Crippen LogP contribution in [0.3, 0.4) is 0 Å².